The minimum atomic E-state index is -0.474. The zero-order valence-corrected chi connectivity index (χ0v) is 26.8. The highest BCUT2D eigenvalue weighted by Crippen LogP contribution is 2.35. The maximum atomic E-state index is 13.8. The first-order valence-corrected chi connectivity index (χ1v) is 15.5. The van der Waals surface area contributed by atoms with Gasteiger partial charge in [-0.05, 0) is 67.1 Å². The molecule has 0 bridgehead atoms. The van der Waals surface area contributed by atoms with Crippen LogP contribution in [-0.2, 0) is 6.54 Å². The van der Waals surface area contributed by atoms with Crippen LogP contribution < -0.4 is 20.1 Å². The summed E-state index contributed by atoms with van der Waals surface area (Å²) in [5.41, 5.74) is 4.81. The van der Waals surface area contributed by atoms with Crippen LogP contribution in [0.3, 0.4) is 0 Å². The first-order chi connectivity index (χ1) is 22.2. The van der Waals surface area contributed by atoms with Crippen LogP contribution in [0.1, 0.15) is 29.8 Å². The van der Waals surface area contributed by atoms with Gasteiger partial charge in [0.1, 0.15) is 11.9 Å². The van der Waals surface area contributed by atoms with Crippen molar-refractivity contribution in [1.29, 1.82) is 0 Å². The van der Waals surface area contributed by atoms with Gasteiger partial charge in [-0.15, -0.1) is 0 Å². The van der Waals surface area contributed by atoms with Crippen molar-refractivity contribution in [1.82, 2.24) is 9.80 Å². The van der Waals surface area contributed by atoms with E-state index in [0.29, 0.717) is 48.1 Å². The number of fused-ring (bicyclic) bond motifs is 1. The highest BCUT2D eigenvalue weighted by Gasteiger charge is 2.34. The second-order valence-corrected chi connectivity index (χ2v) is 11.9. The number of nitrogens with one attached hydrogen (secondary N) is 2. The van der Waals surface area contributed by atoms with Crippen LogP contribution in [0.2, 0.25) is 0 Å². The first kappa shape index (κ1) is 32.5. The van der Waals surface area contributed by atoms with E-state index in [1.165, 1.54) is 16.7 Å². The molecule has 0 radical (unpaired) electrons. The molecule has 0 aromatic heterocycles. The number of hydrogen-bond donors (Lipinski definition) is 3. The van der Waals surface area contributed by atoms with Crippen LogP contribution in [0.15, 0.2) is 97.1 Å². The Labute approximate surface area is 270 Å². The van der Waals surface area contributed by atoms with Gasteiger partial charge in [0.25, 0.3) is 5.91 Å². The van der Waals surface area contributed by atoms with Crippen LogP contribution in [-0.4, -0.2) is 72.8 Å². The second kappa shape index (κ2) is 14.9. The topological polar surface area (TPSA) is 103 Å². The number of benzene rings is 4. The monoisotopic (exact) mass is 622 g/mol. The number of anilines is 2. The number of carbonyl (C=O) groups excluding carboxylic acids is 2. The Morgan fingerprint density at radius 2 is 1.67 bits per heavy atom. The molecule has 1 heterocycles. The standard InChI is InChI=1S/C37H42N4O5/c1-25-21-41(26(2)24-42)36(43)32-11-8-12-33(39-37(44)38-30-17-19-31(45-4)20-18-30)35(32)46-34(25)23-40(3)22-27-13-15-29(16-14-27)28-9-6-5-7-10-28/h5-20,25-26,34,42H,21-24H2,1-4H3,(H2,38,39,44)/t25-,26+,34-/m1/s1. The number of methoxy groups -OCH3 is 1. The van der Waals surface area contributed by atoms with Gasteiger partial charge in [0.2, 0.25) is 0 Å². The van der Waals surface area contributed by atoms with E-state index in [9.17, 15) is 14.7 Å². The van der Waals surface area contributed by atoms with Crippen LogP contribution >= 0.6 is 0 Å². The molecular weight excluding hydrogens is 580 g/mol. The highest BCUT2D eigenvalue weighted by molar-refractivity contribution is 6.04. The molecule has 0 unspecified atom stereocenters. The van der Waals surface area contributed by atoms with E-state index in [1.54, 1.807) is 54.5 Å². The fourth-order valence-electron chi connectivity index (χ4n) is 5.64. The lowest BCUT2D eigenvalue weighted by Gasteiger charge is -2.38. The van der Waals surface area contributed by atoms with E-state index in [0.717, 1.165) is 0 Å². The van der Waals surface area contributed by atoms with Gasteiger partial charge in [-0.25, -0.2) is 4.79 Å². The van der Waals surface area contributed by atoms with Crippen molar-refractivity contribution < 1.29 is 24.2 Å². The molecule has 0 fully saturated rings. The number of hydrogen-bond acceptors (Lipinski definition) is 6. The quantitative estimate of drug-likeness (QED) is 0.190. The van der Waals surface area contributed by atoms with Crippen molar-refractivity contribution in [2.75, 3.05) is 44.5 Å². The van der Waals surface area contributed by atoms with E-state index in [2.05, 4.69) is 58.9 Å². The van der Waals surface area contributed by atoms with Gasteiger partial charge in [-0.1, -0.05) is 67.6 Å². The summed E-state index contributed by atoms with van der Waals surface area (Å²) in [4.78, 5) is 30.8. The fraction of sp³-hybridized carbons (Fsp3) is 0.297. The third-order valence-electron chi connectivity index (χ3n) is 8.29. The second-order valence-electron chi connectivity index (χ2n) is 11.9. The Morgan fingerprint density at radius 1 is 0.978 bits per heavy atom. The normalized spacial score (nSPS) is 16.9. The number of urea groups is 1. The Balaban J connectivity index is 1.36. The lowest BCUT2D eigenvalue weighted by atomic mass is 9.98. The number of amides is 3. The molecule has 4 aromatic rings. The minimum Gasteiger partial charge on any atom is -0.497 e. The molecule has 1 aliphatic rings. The Morgan fingerprint density at radius 3 is 2.35 bits per heavy atom. The average Bonchev–Trinajstić information content (AvgIpc) is 3.07. The van der Waals surface area contributed by atoms with Crippen molar-refractivity contribution in [3.05, 3.63) is 108 Å². The summed E-state index contributed by atoms with van der Waals surface area (Å²) in [6, 6.07) is 30.1. The summed E-state index contributed by atoms with van der Waals surface area (Å²) in [5, 5.41) is 15.7. The summed E-state index contributed by atoms with van der Waals surface area (Å²) in [5.74, 6) is 0.658. The summed E-state index contributed by atoms with van der Waals surface area (Å²) in [6.45, 7) is 5.41. The summed E-state index contributed by atoms with van der Waals surface area (Å²) in [7, 11) is 3.63. The van der Waals surface area contributed by atoms with Crippen LogP contribution in [0, 0.1) is 5.92 Å². The van der Waals surface area contributed by atoms with Gasteiger partial charge in [-0.3, -0.25) is 9.69 Å². The van der Waals surface area contributed by atoms with Crippen molar-refractivity contribution in [3.63, 3.8) is 0 Å². The molecule has 46 heavy (non-hydrogen) atoms. The molecule has 4 aromatic carbocycles. The van der Waals surface area contributed by atoms with Crippen molar-refractivity contribution in [2.24, 2.45) is 5.92 Å². The van der Waals surface area contributed by atoms with Crippen molar-refractivity contribution >= 4 is 23.3 Å². The van der Waals surface area contributed by atoms with E-state index < -0.39 is 12.1 Å². The molecule has 3 atom stereocenters. The molecule has 3 amide bonds. The lowest BCUT2D eigenvalue weighted by molar-refractivity contribution is 0.0343. The van der Waals surface area contributed by atoms with E-state index in [1.807, 2.05) is 32.2 Å². The number of rotatable bonds is 10. The molecular formula is C37H42N4O5. The number of nitrogens with zero attached hydrogens (tertiary/aromatic N) is 2. The van der Waals surface area contributed by atoms with E-state index in [-0.39, 0.29) is 24.5 Å². The number of aliphatic hydroxyl groups is 1. The van der Waals surface area contributed by atoms with Crippen LogP contribution in [0.25, 0.3) is 11.1 Å². The zero-order valence-electron chi connectivity index (χ0n) is 26.8. The van der Waals surface area contributed by atoms with E-state index in [4.69, 9.17) is 9.47 Å². The molecule has 0 aliphatic carbocycles. The number of carbonyl (C=O) groups is 2. The molecule has 1 aliphatic heterocycles. The molecule has 9 nitrogen and oxygen atoms in total. The minimum absolute atomic E-state index is 0.0739. The first-order valence-electron chi connectivity index (χ1n) is 15.5. The van der Waals surface area contributed by atoms with Gasteiger partial charge in [-0.2, -0.15) is 0 Å². The molecule has 0 spiro atoms. The number of ether oxygens (including phenoxy) is 2. The van der Waals surface area contributed by atoms with Gasteiger partial charge >= 0.3 is 6.03 Å². The van der Waals surface area contributed by atoms with Crippen LogP contribution in [0.4, 0.5) is 16.2 Å². The zero-order chi connectivity index (χ0) is 32.6. The number of likely N-dealkylation sites (N-methyl/N-ethyl adjacent to an activating group) is 1. The Hall–Kier alpha value is -4.86. The maximum Gasteiger partial charge on any atom is 0.323 e. The summed E-state index contributed by atoms with van der Waals surface area (Å²) >= 11 is 0. The van der Waals surface area contributed by atoms with Crippen molar-refractivity contribution in [2.45, 2.75) is 32.5 Å². The fourth-order valence-corrected chi connectivity index (χ4v) is 5.64. The van der Waals surface area contributed by atoms with Gasteiger partial charge in [0.15, 0.2) is 5.75 Å². The number of aliphatic hydroxyl groups excluding tert-OH is 1. The molecule has 0 saturated carbocycles. The molecule has 240 valence electrons. The molecule has 9 heteroatoms. The Kier molecular flexibility index (Phi) is 10.6. The largest absolute Gasteiger partial charge is 0.497 e. The Bertz CT molecular complexity index is 1610. The average molecular weight is 623 g/mol. The summed E-state index contributed by atoms with van der Waals surface area (Å²) < 4.78 is 11.9. The van der Waals surface area contributed by atoms with Crippen molar-refractivity contribution in [3.8, 4) is 22.6 Å². The predicted molar refractivity (Wildman–Crippen MR) is 181 cm³/mol. The third kappa shape index (κ3) is 7.85. The van der Waals surface area contributed by atoms with Gasteiger partial charge < -0.3 is 30.1 Å². The predicted octanol–water partition coefficient (Wildman–Crippen LogP) is 6.36. The van der Waals surface area contributed by atoms with Gasteiger partial charge in [0, 0.05) is 31.2 Å². The maximum absolute atomic E-state index is 13.8. The highest BCUT2D eigenvalue weighted by atomic mass is 16.5. The number of para-hydroxylation sites is 1. The molecule has 0 saturated heterocycles. The third-order valence-corrected chi connectivity index (χ3v) is 8.29. The lowest BCUT2D eigenvalue weighted by Crippen LogP contribution is -2.49. The van der Waals surface area contributed by atoms with E-state index >= 15 is 0 Å². The summed E-state index contributed by atoms with van der Waals surface area (Å²) in [6.07, 6.45) is -0.318. The van der Waals surface area contributed by atoms with Gasteiger partial charge in [0.05, 0.1) is 31.0 Å². The van der Waals surface area contributed by atoms with Crippen LogP contribution in [0.5, 0.6) is 11.5 Å². The molecule has 5 rings (SSSR count). The smallest absolute Gasteiger partial charge is 0.323 e. The SMILES string of the molecule is COc1ccc(NC(=O)Nc2cccc3c2O[C@H](CN(C)Cc2ccc(-c4ccccc4)cc2)[C@H](C)CN([C@@H](C)CO)C3=O)cc1. The molecule has 3 N–H and O–H groups in total.